The van der Waals surface area contributed by atoms with Crippen LogP contribution in [-0.4, -0.2) is 4.57 Å². The van der Waals surface area contributed by atoms with E-state index in [0.717, 1.165) is 34.4 Å². The highest BCUT2D eigenvalue weighted by Gasteiger charge is 2.20. The number of hydrogen-bond donors (Lipinski definition) is 0. The van der Waals surface area contributed by atoms with Gasteiger partial charge >= 0.3 is 0 Å². The Balaban J connectivity index is 0.000000480. The maximum absolute atomic E-state index is 3.77. The van der Waals surface area contributed by atoms with Crippen LogP contribution >= 0.6 is 27.3 Å². The van der Waals surface area contributed by atoms with Crippen LogP contribution in [0.1, 0.15) is 18.4 Å². The molecule has 2 nitrogen and oxygen atoms in total. The third-order valence-corrected chi connectivity index (χ3v) is 11.9. The zero-order valence-electron chi connectivity index (χ0n) is 29.4. The summed E-state index contributed by atoms with van der Waals surface area (Å²) in [5, 5.41) is 5.25. The Labute approximate surface area is 322 Å². The number of thiophene rings is 1. The van der Waals surface area contributed by atoms with E-state index in [1.807, 2.05) is 29.5 Å². The lowest BCUT2D eigenvalue weighted by Gasteiger charge is -2.26. The SMILES string of the molecule is Brc1ccccc1-c1cccc(N(c2ccccc2)c2ccc3c4cc5sc6ccccc6c5cc4n(C4=CC=CCC4)c3c2)c1.Cc1ccccc1. The normalized spacial score (nSPS) is 12.6. The van der Waals surface area contributed by atoms with Crippen LogP contribution in [0.25, 0.3) is 58.8 Å². The highest BCUT2D eigenvalue weighted by Crippen LogP contribution is 2.44. The Hall–Kier alpha value is -5.68. The molecule has 0 atom stereocenters. The second-order valence-electron chi connectivity index (χ2n) is 13.5. The van der Waals surface area contributed by atoms with Gasteiger partial charge in [0, 0.05) is 58.2 Å². The number of benzene rings is 7. The lowest BCUT2D eigenvalue weighted by Crippen LogP contribution is -2.10. The van der Waals surface area contributed by atoms with Crippen molar-refractivity contribution >= 4 is 92.0 Å². The summed E-state index contributed by atoms with van der Waals surface area (Å²) < 4.78 is 6.28. The Morgan fingerprint density at radius 2 is 1.28 bits per heavy atom. The van der Waals surface area contributed by atoms with Gasteiger partial charge in [-0.25, -0.2) is 0 Å². The maximum Gasteiger partial charge on any atom is 0.0558 e. The zero-order chi connectivity index (χ0) is 35.7. The van der Waals surface area contributed by atoms with Crippen LogP contribution in [0.5, 0.6) is 0 Å². The minimum Gasteiger partial charge on any atom is -0.313 e. The van der Waals surface area contributed by atoms with E-state index in [-0.39, 0.29) is 0 Å². The van der Waals surface area contributed by atoms with E-state index in [1.165, 1.54) is 64.4 Å². The van der Waals surface area contributed by atoms with Crippen molar-refractivity contribution in [2.24, 2.45) is 0 Å². The largest absolute Gasteiger partial charge is 0.313 e. The van der Waals surface area contributed by atoms with Crippen LogP contribution in [0.2, 0.25) is 0 Å². The van der Waals surface area contributed by atoms with Crippen molar-refractivity contribution in [3.63, 3.8) is 0 Å². The molecule has 1 aliphatic rings. The summed E-state index contributed by atoms with van der Waals surface area (Å²) in [5.74, 6) is 0. The number of rotatable bonds is 5. The van der Waals surface area contributed by atoms with Crippen LogP contribution in [0.15, 0.2) is 186 Å². The first-order chi connectivity index (χ1) is 26.1. The first kappa shape index (κ1) is 33.2. The first-order valence-corrected chi connectivity index (χ1v) is 19.7. The number of halogens is 1. The lowest BCUT2D eigenvalue weighted by molar-refractivity contribution is 0.979. The molecule has 0 amide bonds. The van der Waals surface area contributed by atoms with Crippen molar-refractivity contribution in [3.8, 4) is 11.1 Å². The van der Waals surface area contributed by atoms with E-state index in [9.17, 15) is 0 Å². The van der Waals surface area contributed by atoms with E-state index in [0.29, 0.717) is 0 Å². The fraction of sp³-hybridized carbons (Fsp3) is 0.0612. The van der Waals surface area contributed by atoms with Gasteiger partial charge in [0.15, 0.2) is 0 Å². The average molecular weight is 766 g/mol. The number of aromatic nitrogens is 1. The third kappa shape index (κ3) is 6.39. The molecule has 4 heteroatoms. The average Bonchev–Trinajstić information content (AvgIpc) is 3.73. The molecule has 0 aliphatic heterocycles. The quantitative estimate of drug-likeness (QED) is 0.169. The summed E-state index contributed by atoms with van der Waals surface area (Å²) in [7, 11) is 0. The Morgan fingerprint density at radius 3 is 2.06 bits per heavy atom. The molecular weight excluding hydrogens is 729 g/mol. The van der Waals surface area contributed by atoms with Gasteiger partial charge in [-0.3, -0.25) is 0 Å². The number of aryl methyl sites for hydroxylation is 1. The molecule has 256 valence electrons. The predicted octanol–water partition coefficient (Wildman–Crippen LogP) is 15.2. The van der Waals surface area contributed by atoms with Crippen LogP contribution in [0, 0.1) is 6.92 Å². The highest BCUT2D eigenvalue weighted by atomic mass is 79.9. The van der Waals surface area contributed by atoms with E-state index in [1.54, 1.807) is 0 Å². The molecule has 0 radical (unpaired) electrons. The van der Waals surface area contributed by atoms with Crippen LogP contribution in [0.3, 0.4) is 0 Å². The van der Waals surface area contributed by atoms with Crippen molar-refractivity contribution in [1.29, 1.82) is 0 Å². The smallest absolute Gasteiger partial charge is 0.0558 e. The minimum atomic E-state index is 1.01. The van der Waals surface area contributed by atoms with Gasteiger partial charge in [0.2, 0.25) is 0 Å². The molecule has 53 heavy (non-hydrogen) atoms. The van der Waals surface area contributed by atoms with E-state index < -0.39 is 0 Å². The Kier molecular flexibility index (Phi) is 9.01. The van der Waals surface area contributed by atoms with Crippen LogP contribution in [0.4, 0.5) is 17.1 Å². The molecule has 0 N–H and O–H groups in total. The Bertz CT molecular complexity index is 2810. The van der Waals surface area contributed by atoms with Crippen molar-refractivity contribution in [3.05, 3.63) is 192 Å². The minimum absolute atomic E-state index is 1.01. The fourth-order valence-corrected chi connectivity index (χ4v) is 9.16. The summed E-state index contributed by atoms with van der Waals surface area (Å²) in [6, 6.07) is 58.9. The number of para-hydroxylation sites is 1. The van der Waals surface area contributed by atoms with Crippen molar-refractivity contribution in [2.75, 3.05) is 4.90 Å². The molecule has 0 unspecified atom stereocenters. The van der Waals surface area contributed by atoms with Gasteiger partial charge in [-0.15, -0.1) is 11.3 Å². The zero-order valence-corrected chi connectivity index (χ0v) is 31.8. The Morgan fingerprint density at radius 1 is 0.566 bits per heavy atom. The molecule has 10 rings (SSSR count). The monoisotopic (exact) mass is 764 g/mol. The molecule has 9 aromatic rings. The summed E-state index contributed by atoms with van der Waals surface area (Å²) in [5.41, 5.74) is 10.9. The molecule has 0 saturated carbocycles. The van der Waals surface area contributed by atoms with E-state index in [4.69, 9.17) is 0 Å². The topological polar surface area (TPSA) is 8.17 Å². The van der Waals surface area contributed by atoms with E-state index in [2.05, 4.69) is 196 Å². The van der Waals surface area contributed by atoms with Gasteiger partial charge in [-0.05, 0) is 97.6 Å². The van der Waals surface area contributed by atoms with Crippen LogP contribution in [-0.2, 0) is 0 Å². The van der Waals surface area contributed by atoms with Gasteiger partial charge in [-0.2, -0.15) is 0 Å². The van der Waals surface area contributed by atoms with Crippen LogP contribution < -0.4 is 4.90 Å². The molecular formula is C49H37BrN2S. The second-order valence-corrected chi connectivity index (χ2v) is 15.4. The summed E-state index contributed by atoms with van der Waals surface area (Å²) in [6.07, 6.45) is 8.83. The lowest BCUT2D eigenvalue weighted by atomic mass is 10.0. The molecule has 0 saturated heterocycles. The van der Waals surface area contributed by atoms with Gasteiger partial charge in [-0.1, -0.05) is 137 Å². The number of hydrogen-bond acceptors (Lipinski definition) is 2. The maximum atomic E-state index is 3.77. The number of fused-ring (bicyclic) bond motifs is 6. The second kappa shape index (κ2) is 14.4. The number of anilines is 3. The number of nitrogens with zero attached hydrogens (tertiary/aromatic N) is 2. The van der Waals surface area contributed by atoms with Gasteiger partial charge < -0.3 is 9.47 Å². The van der Waals surface area contributed by atoms with Gasteiger partial charge in [0.1, 0.15) is 0 Å². The fourth-order valence-electron chi connectivity index (χ4n) is 7.51. The molecule has 0 fully saturated rings. The first-order valence-electron chi connectivity index (χ1n) is 18.1. The highest BCUT2D eigenvalue weighted by molar-refractivity contribution is 9.10. The standard InChI is InChI=1S/C42H29BrN2S.C7H8/c43-38-20-9-7-18-33(38)28-12-11-17-31(24-28)44(29-13-3-1-4-14-29)32-22-23-34-36-27-42-37(35-19-8-10-21-41(35)46-42)26-40(36)45(39(34)25-32)30-15-5-2-6-16-30;1-7-5-3-2-4-6-7/h1-5,7-15,17-27H,6,16H2;2-6H,1H3. The number of allylic oxidation sites excluding steroid dienone is 4. The van der Waals surface area contributed by atoms with Crippen molar-refractivity contribution < 1.29 is 0 Å². The summed E-state index contributed by atoms with van der Waals surface area (Å²) in [4.78, 5) is 2.38. The van der Waals surface area contributed by atoms with Gasteiger partial charge in [0.25, 0.3) is 0 Å². The molecule has 7 aromatic carbocycles. The molecule has 2 aromatic heterocycles. The van der Waals surface area contributed by atoms with Crippen molar-refractivity contribution in [1.82, 2.24) is 4.57 Å². The summed E-state index contributed by atoms with van der Waals surface area (Å²) >= 11 is 5.66. The van der Waals surface area contributed by atoms with E-state index >= 15 is 0 Å². The third-order valence-electron chi connectivity index (χ3n) is 10.0. The molecule has 2 heterocycles. The predicted molar refractivity (Wildman–Crippen MR) is 234 cm³/mol. The molecule has 0 bridgehead atoms. The molecule has 1 aliphatic carbocycles. The van der Waals surface area contributed by atoms with Gasteiger partial charge in [0.05, 0.1) is 11.0 Å². The summed E-state index contributed by atoms with van der Waals surface area (Å²) in [6.45, 7) is 2.08. The molecule has 0 spiro atoms. The van der Waals surface area contributed by atoms with Crippen molar-refractivity contribution in [2.45, 2.75) is 19.8 Å².